The quantitative estimate of drug-likeness (QED) is 0.699. The Morgan fingerprint density at radius 2 is 2.06 bits per heavy atom. The molecule has 2 nitrogen and oxygen atoms in total. The minimum Gasteiger partial charge on any atom is -0.220 e. The van der Waals surface area contributed by atoms with Gasteiger partial charge in [0.2, 0.25) is 0 Å². The Morgan fingerprint density at radius 1 is 1.25 bits per heavy atom. The summed E-state index contributed by atoms with van der Waals surface area (Å²) in [6.07, 6.45) is -2.85. The molecule has 82 valence electrons. The van der Waals surface area contributed by atoms with E-state index in [0.717, 1.165) is 12.1 Å². The first-order valence-electron chi connectivity index (χ1n) is 4.55. The Morgan fingerprint density at radius 3 is 2.69 bits per heavy atom. The highest BCUT2D eigenvalue weighted by Crippen LogP contribution is 2.31. The normalized spacial score (nSPS) is 15.1. The maximum atomic E-state index is 12.5. The van der Waals surface area contributed by atoms with Crippen molar-refractivity contribution in [3.05, 3.63) is 41.6 Å². The van der Waals surface area contributed by atoms with Crippen molar-refractivity contribution in [1.29, 1.82) is 0 Å². The summed E-state index contributed by atoms with van der Waals surface area (Å²) < 4.78 is 37.4. The Bertz CT molecular complexity index is 494. The first-order valence-corrected chi connectivity index (χ1v) is 4.55. The molecule has 0 N–H and O–H groups in total. The molecule has 1 aromatic rings. The molecular formula is C11H7F3N2. The van der Waals surface area contributed by atoms with Crippen molar-refractivity contribution < 1.29 is 13.2 Å². The van der Waals surface area contributed by atoms with E-state index in [2.05, 4.69) is 16.0 Å². The lowest BCUT2D eigenvalue weighted by molar-refractivity contribution is -0.137. The predicted molar refractivity (Wildman–Crippen MR) is 54.2 cm³/mol. The van der Waals surface area contributed by atoms with Crippen LogP contribution in [0, 0.1) is 0 Å². The standard InChI is InChI=1S/C11H7F3N2/c12-11(13,14)10-3-1-2-8(4-10)9-5-15-7-16-6-9/h1-5H,6H2. The molecule has 0 aliphatic carbocycles. The third kappa shape index (κ3) is 2.20. The highest BCUT2D eigenvalue weighted by atomic mass is 19.4. The SMILES string of the molecule is FC(F)(F)c1cccc(C2=CN=C=NC2)c1. The molecule has 0 aromatic heterocycles. The zero-order valence-electron chi connectivity index (χ0n) is 8.12. The second kappa shape index (κ2) is 3.94. The van der Waals surface area contributed by atoms with E-state index < -0.39 is 11.7 Å². The summed E-state index contributed by atoms with van der Waals surface area (Å²) in [5.41, 5.74) is 0.484. The van der Waals surface area contributed by atoms with Gasteiger partial charge >= 0.3 is 6.18 Å². The van der Waals surface area contributed by atoms with Crippen molar-refractivity contribution in [2.45, 2.75) is 6.18 Å². The van der Waals surface area contributed by atoms with Crippen LogP contribution < -0.4 is 0 Å². The van der Waals surface area contributed by atoms with Gasteiger partial charge in [0.15, 0.2) is 0 Å². The molecule has 0 bridgehead atoms. The first-order chi connectivity index (χ1) is 7.57. The summed E-state index contributed by atoms with van der Waals surface area (Å²) in [5, 5.41) is 0. The third-order valence-corrected chi connectivity index (χ3v) is 2.16. The van der Waals surface area contributed by atoms with E-state index in [1.807, 2.05) is 0 Å². The van der Waals surface area contributed by atoms with E-state index in [1.165, 1.54) is 12.3 Å². The number of halogens is 3. The Balaban J connectivity index is 2.37. The van der Waals surface area contributed by atoms with Crippen LogP contribution >= 0.6 is 0 Å². The summed E-state index contributed by atoms with van der Waals surface area (Å²) >= 11 is 0. The van der Waals surface area contributed by atoms with Crippen LogP contribution in [0.3, 0.4) is 0 Å². The lowest BCUT2D eigenvalue weighted by Gasteiger charge is -2.10. The van der Waals surface area contributed by atoms with Crippen LogP contribution in [-0.4, -0.2) is 12.6 Å². The molecule has 1 aliphatic heterocycles. The molecule has 5 heteroatoms. The predicted octanol–water partition coefficient (Wildman–Crippen LogP) is 3.23. The van der Waals surface area contributed by atoms with Gasteiger partial charge in [-0.3, -0.25) is 0 Å². The van der Waals surface area contributed by atoms with E-state index >= 15 is 0 Å². The molecule has 1 heterocycles. The van der Waals surface area contributed by atoms with Crippen LogP contribution in [0.15, 0.2) is 40.5 Å². The summed E-state index contributed by atoms with van der Waals surface area (Å²) in [6.45, 7) is 0.310. The average molecular weight is 224 g/mol. The molecule has 0 unspecified atom stereocenters. The van der Waals surface area contributed by atoms with Crippen LogP contribution in [0.25, 0.3) is 5.57 Å². The topological polar surface area (TPSA) is 24.7 Å². The molecule has 16 heavy (non-hydrogen) atoms. The van der Waals surface area contributed by atoms with Gasteiger partial charge < -0.3 is 0 Å². The fourth-order valence-corrected chi connectivity index (χ4v) is 1.37. The summed E-state index contributed by atoms with van der Waals surface area (Å²) in [6, 6.07) is 7.51. The van der Waals surface area contributed by atoms with Crippen molar-refractivity contribution in [3.8, 4) is 0 Å². The summed E-state index contributed by atoms with van der Waals surface area (Å²) in [4.78, 5) is 7.43. The van der Waals surface area contributed by atoms with Crippen LogP contribution in [0.4, 0.5) is 13.2 Å². The first kappa shape index (κ1) is 10.6. The molecular weight excluding hydrogens is 217 g/mol. The zero-order valence-corrected chi connectivity index (χ0v) is 8.12. The second-order valence-electron chi connectivity index (χ2n) is 3.28. The second-order valence-corrected chi connectivity index (χ2v) is 3.28. The molecule has 1 aromatic carbocycles. The molecule has 1 aliphatic rings. The molecule has 2 rings (SSSR count). The molecule has 0 radical (unpaired) electrons. The van der Waals surface area contributed by atoms with Crippen LogP contribution in [0.2, 0.25) is 0 Å². The summed E-state index contributed by atoms with van der Waals surface area (Å²) in [7, 11) is 0. The fraction of sp³-hybridized carbons (Fsp3) is 0.182. The smallest absolute Gasteiger partial charge is 0.220 e. The maximum Gasteiger partial charge on any atom is 0.416 e. The molecule has 0 atom stereocenters. The van der Waals surface area contributed by atoms with Gasteiger partial charge in [0.05, 0.1) is 18.1 Å². The monoisotopic (exact) mass is 224 g/mol. The maximum absolute atomic E-state index is 12.5. The average Bonchev–Trinajstić information content (AvgIpc) is 2.29. The van der Waals surface area contributed by atoms with E-state index in [0.29, 0.717) is 17.7 Å². The van der Waals surface area contributed by atoms with Gasteiger partial charge in [-0.05, 0) is 17.7 Å². The van der Waals surface area contributed by atoms with Gasteiger partial charge in [0.1, 0.15) is 0 Å². The highest BCUT2D eigenvalue weighted by Gasteiger charge is 2.30. The van der Waals surface area contributed by atoms with Crippen molar-refractivity contribution in [2.75, 3.05) is 6.54 Å². The van der Waals surface area contributed by atoms with Crippen LogP contribution in [0.5, 0.6) is 0 Å². The number of alkyl halides is 3. The third-order valence-electron chi connectivity index (χ3n) is 2.16. The van der Waals surface area contributed by atoms with Gasteiger partial charge in [0, 0.05) is 11.8 Å². The van der Waals surface area contributed by atoms with Crippen molar-refractivity contribution in [3.63, 3.8) is 0 Å². The van der Waals surface area contributed by atoms with Crippen LogP contribution in [0.1, 0.15) is 11.1 Å². The van der Waals surface area contributed by atoms with Crippen LogP contribution in [-0.2, 0) is 6.18 Å². The number of nitrogens with zero attached hydrogens (tertiary/aromatic N) is 2. The van der Waals surface area contributed by atoms with Gasteiger partial charge in [-0.1, -0.05) is 12.1 Å². The number of rotatable bonds is 1. The minimum atomic E-state index is -4.32. The van der Waals surface area contributed by atoms with E-state index in [4.69, 9.17) is 0 Å². The van der Waals surface area contributed by atoms with Gasteiger partial charge in [-0.25, -0.2) is 4.99 Å². The zero-order chi connectivity index (χ0) is 11.6. The molecule has 0 saturated heterocycles. The number of aliphatic imine (C=N–C) groups is 2. The fourth-order valence-electron chi connectivity index (χ4n) is 1.37. The minimum absolute atomic E-state index is 0.310. The van der Waals surface area contributed by atoms with Gasteiger partial charge in [-0.15, -0.1) is 0 Å². The molecule has 0 fully saturated rings. The number of hydrogen-bond acceptors (Lipinski definition) is 2. The lowest BCUT2D eigenvalue weighted by Crippen LogP contribution is -2.05. The molecule has 0 spiro atoms. The van der Waals surface area contributed by atoms with Crippen molar-refractivity contribution in [1.82, 2.24) is 0 Å². The summed E-state index contributed by atoms with van der Waals surface area (Å²) in [5.74, 6) is 0. The van der Waals surface area contributed by atoms with E-state index in [9.17, 15) is 13.2 Å². The lowest BCUT2D eigenvalue weighted by atomic mass is 10.0. The Hall–Kier alpha value is -1.87. The van der Waals surface area contributed by atoms with Gasteiger partial charge in [-0.2, -0.15) is 18.2 Å². The van der Waals surface area contributed by atoms with E-state index in [1.54, 1.807) is 6.07 Å². The number of hydrogen-bond donors (Lipinski definition) is 0. The molecule has 0 saturated carbocycles. The van der Waals surface area contributed by atoms with Gasteiger partial charge in [0.25, 0.3) is 0 Å². The molecule has 0 amide bonds. The van der Waals surface area contributed by atoms with Crippen molar-refractivity contribution >= 4 is 11.6 Å². The van der Waals surface area contributed by atoms with E-state index in [-0.39, 0.29) is 0 Å². The Labute approximate surface area is 89.8 Å². The largest absolute Gasteiger partial charge is 0.416 e. The number of benzene rings is 1. The van der Waals surface area contributed by atoms with Crippen molar-refractivity contribution in [2.24, 2.45) is 9.98 Å². The Kier molecular flexibility index (Phi) is 2.62. The highest BCUT2D eigenvalue weighted by molar-refractivity contribution is 5.71.